The molecule has 8 N–H and O–H groups in total. The van der Waals surface area contributed by atoms with Gasteiger partial charge in [-0.2, -0.15) is 9.29 Å². The Hall–Kier alpha value is -1.18. The van der Waals surface area contributed by atoms with Crippen LogP contribution in [-0.4, -0.2) is 57.9 Å². The Morgan fingerprint density at radius 3 is 2.40 bits per heavy atom. The van der Waals surface area contributed by atoms with E-state index in [9.17, 15) is 29.2 Å². The van der Waals surface area contributed by atoms with Gasteiger partial charge in [-0.05, 0) is 13.0 Å². The third-order valence-electron chi connectivity index (χ3n) is 2.92. The van der Waals surface area contributed by atoms with Crippen LogP contribution >= 0.6 is 15.6 Å². The number of nitrogens with two attached hydrogens (primary N) is 1. The monoisotopic (exact) mass is 405 g/mol. The van der Waals surface area contributed by atoms with Crippen LogP contribution in [-0.2, 0) is 18.0 Å². The van der Waals surface area contributed by atoms with Crippen LogP contribution in [0, 0.1) is 0 Å². The van der Waals surface area contributed by atoms with E-state index in [1.165, 1.54) is 0 Å². The Morgan fingerprint density at radius 2 is 1.92 bits per heavy atom. The Labute approximate surface area is 139 Å². The third kappa shape index (κ3) is 6.24. The Morgan fingerprint density at radius 1 is 1.36 bits per heavy atom. The van der Waals surface area contributed by atoms with Crippen molar-refractivity contribution in [2.75, 3.05) is 12.3 Å². The molecule has 16 heteroatoms. The number of hydrogen-bond acceptors (Lipinski definition) is 10. The summed E-state index contributed by atoms with van der Waals surface area (Å²) in [5.74, 6) is -0.159. The van der Waals surface area contributed by atoms with E-state index >= 15 is 0 Å². The highest BCUT2D eigenvalue weighted by Crippen LogP contribution is 2.57. The van der Waals surface area contributed by atoms with Crippen LogP contribution < -0.4 is 11.4 Å². The average Bonchev–Trinajstić information content (AvgIpc) is 2.41. The van der Waals surface area contributed by atoms with Gasteiger partial charge < -0.3 is 35.7 Å². The Bertz CT molecular complexity index is 759. The molecular formula is C9H17N3O11P2. The van der Waals surface area contributed by atoms with Gasteiger partial charge in [0.05, 0.1) is 6.61 Å². The van der Waals surface area contributed by atoms with Crippen LogP contribution in [0.1, 0.15) is 13.2 Å². The molecule has 0 saturated heterocycles. The van der Waals surface area contributed by atoms with Crippen molar-refractivity contribution in [2.45, 2.75) is 24.9 Å². The summed E-state index contributed by atoms with van der Waals surface area (Å²) in [5.41, 5.74) is 1.70. The standard InChI is InChI=1S/C9H17N3O11P2/c1-9(16,7(14)12-3-2-6(10)11-8(12)15)5(13)4-22-25(20,21)23-24(17,18)19/h2-3,5,7,13-14,16H,4H2,1H3,(H,20,21)(H2,10,11,15)(H2,17,18,19). The lowest BCUT2D eigenvalue weighted by molar-refractivity contribution is -0.172. The van der Waals surface area contributed by atoms with Crippen molar-refractivity contribution in [1.29, 1.82) is 0 Å². The highest BCUT2D eigenvalue weighted by molar-refractivity contribution is 7.60. The minimum absolute atomic E-state index is 0.159. The number of phosphoric acid groups is 2. The number of hydrogen-bond donors (Lipinski definition) is 7. The summed E-state index contributed by atoms with van der Waals surface area (Å²) < 4.78 is 29.9. The van der Waals surface area contributed by atoms with Gasteiger partial charge in [-0.25, -0.2) is 13.9 Å². The largest absolute Gasteiger partial charge is 0.481 e. The van der Waals surface area contributed by atoms with Crippen LogP contribution in [0.15, 0.2) is 17.1 Å². The molecule has 4 atom stereocenters. The predicted molar refractivity (Wildman–Crippen MR) is 79.7 cm³/mol. The first-order chi connectivity index (χ1) is 11.2. The number of anilines is 1. The third-order valence-corrected chi connectivity index (χ3v) is 5.07. The molecule has 0 fully saturated rings. The molecule has 0 spiro atoms. The highest BCUT2D eigenvalue weighted by Gasteiger charge is 2.42. The number of rotatable bonds is 8. The normalized spacial score (nSPS) is 19.6. The molecule has 0 radical (unpaired) electrons. The lowest BCUT2D eigenvalue weighted by Crippen LogP contribution is -2.51. The first kappa shape index (κ1) is 21.9. The molecule has 0 saturated carbocycles. The second kappa shape index (κ2) is 7.60. The van der Waals surface area contributed by atoms with E-state index in [2.05, 4.69) is 13.8 Å². The van der Waals surface area contributed by atoms with Gasteiger partial charge in [0.1, 0.15) is 17.5 Å². The number of aliphatic hydroxyl groups is 3. The average molecular weight is 405 g/mol. The highest BCUT2D eigenvalue weighted by atomic mass is 31.3. The summed E-state index contributed by atoms with van der Waals surface area (Å²) >= 11 is 0. The molecule has 1 rings (SSSR count). The summed E-state index contributed by atoms with van der Waals surface area (Å²) in [6.45, 7) is -0.324. The lowest BCUT2D eigenvalue weighted by Gasteiger charge is -2.34. The molecule has 1 heterocycles. The first-order valence-electron chi connectivity index (χ1n) is 6.33. The van der Waals surface area contributed by atoms with Gasteiger partial charge in [0, 0.05) is 6.20 Å². The molecule has 1 aromatic rings. The maximum atomic E-state index is 11.6. The summed E-state index contributed by atoms with van der Waals surface area (Å²) in [4.78, 5) is 40.9. The number of aliphatic hydroxyl groups excluding tert-OH is 2. The SMILES string of the molecule is CC(O)(C(O)COP(=O)(O)OP(=O)(O)O)C(O)n1ccc(N)nc1=O. The minimum Gasteiger partial charge on any atom is -0.388 e. The molecule has 0 aliphatic rings. The van der Waals surface area contributed by atoms with E-state index in [-0.39, 0.29) is 5.82 Å². The van der Waals surface area contributed by atoms with Crippen molar-refractivity contribution >= 4 is 21.5 Å². The fraction of sp³-hybridized carbons (Fsp3) is 0.556. The van der Waals surface area contributed by atoms with Crippen LogP contribution in [0.2, 0.25) is 0 Å². The number of nitrogens with zero attached hydrogens (tertiary/aromatic N) is 2. The zero-order chi connectivity index (χ0) is 19.6. The summed E-state index contributed by atoms with van der Waals surface area (Å²) in [7, 11) is -10.6. The molecule has 4 unspecified atom stereocenters. The van der Waals surface area contributed by atoms with E-state index in [1.54, 1.807) is 0 Å². The number of aromatic nitrogens is 2. The van der Waals surface area contributed by atoms with E-state index < -0.39 is 45.9 Å². The van der Waals surface area contributed by atoms with E-state index in [0.29, 0.717) is 4.57 Å². The minimum atomic E-state index is -5.36. The summed E-state index contributed by atoms with van der Waals surface area (Å²) in [5, 5.41) is 30.0. The van der Waals surface area contributed by atoms with Crippen molar-refractivity contribution in [3.63, 3.8) is 0 Å². The topological polar surface area (TPSA) is 235 Å². The number of nitrogen functional groups attached to an aromatic ring is 1. The van der Waals surface area contributed by atoms with Crippen LogP contribution in [0.4, 0.5) is 5.82 Å². The van der Waals surface area contributed by atoms with Gasteiger partial charge >= 0.3 is 21.3 Å². The van der Waals surface area contributed by atoms with Crippen molar-refractivity contribution < 1.29 is 48.0 Å². The zero-order valence-electron chi connectivity index (χ0n) is 12.6. The van der Waals surface area contributed by atoms with E-state index in [1.807, 2.05) is 0 Å². The van der Waals surface area contributed by atoms with Gasteiger partial charge in [-0.15, -0.1) is 0 Å². The van der Waals surface area contributed by atoms with Crippen LogP contribution in [0.5, 0.6) is 0 Å². The quantitative estimate of drug-likeness (QED) is 0.225. The van der Waals surface area contributed by atoms with Crippen molar-refractivity contribution in [3.05, 3.63) is 22.7 Å². The molecule has 1 aromatic heterocycles. The molecule has 144 valence electrons. The molecule has 0 aliphatic heterocycles. The smallest absolute Gasteiger partial charge is 0.388 e. The lowest BCUT2D eigenvalue weighted by atomic mass is 9.97. The fourth-order valence-corrected chi connectivity index (χ4v) is 3.15. The fourth-order valence-electron chi connectivity index (χ4n) is 1.56. The van der Waals surface area contributed by atoms with Crippen molar-refractivity contribution in [3.8, 4) is 0 Å². The van der Waals surface area contributed by atoms with Crippen molar-refractivity contribution in [1.82, 2.24) is 9.55 Å². The summed E-state index contributed by atoms with van der Waals surface area (Å²) in [6, 6.07) is 1.12. The maximum Gasteiger partial charge on any atom is 0.481 e. The Balaban J connectivity index is 2.88. The molecule has 0 aromatic carbocycles. The molecule has 0 aliphatic carbocycles. The Kier molecular flexibility index (Phi) is 6.64. The van der Waals surface area contributed by atoms with Gasteiger partial charge in [0.2, 0.25) is 0 Å². The van der Waals surface area contributed by atoms with Gasteiger partial charge in [0.25, 0.3) is 0 Å². The first-order valence-corrected chi connectivity index (χ1v) is 9.35. The molecule has 0 amide bonds. The molecule has 14 nitrogen and oxygen atoms in total. The van der Waals surface area contributed by atoms with Crippen LogP contribution in [0.3, 0.4) is 0 Å². The van der Waals surface area contributed by atoms with Crippen LogP contribution in [0.25, 0.3) is 0 Å². The zero-order valence-corrected chi connectivity index (χ0v) is 14.4. The maximum absolute atomic E-state index is 11.6. The van der Waals surface area contributed by atoms with E-state index in [0.717, 1.165) is 19.2 Å². The van der Waals surface area contributed by atoms with Gasteiger partial charge in [-0.1, -0.05) is 0 Å². The van der Waals surface area contributed by atoms with Gasteiger partial charge in [0.15, 0.2) is 6.23 Å². The second-order valence-corrected chi connectivity index (χ2v) is 7.82. The number of phosphoric ester groups is 1. The predicted octanol–water partition coefficient (Wildman–Crippen LogP) is -2.35. The van der Waals surface area contributed by atoms with E-state index in [4.69, 9.17) is 20.4 Å². The molecule has 25 heavy (non-hydrogen) atoms. The second-order valence-electron chi connectivity index (χ2n) is 4.99. The van der Waals surface area contributed by atoms with Crippen molar-refractivity contribution in [2.24, 2.45) is 0 Å². The molecule has 0 bridgehead atoms. The van der Waals surface area contributed by atoms with Gasteiger partial charge in [-0.3, -0.25) is 9.09 Å². The molecular weight excluding hydrogens is 388 g/mol. The summed E-state index contributed by atoms with van der Waals surface area (Å²) in [6.07, 6.45) is -3.19.